The van der Waals surface area contributed by atoms with Crippen LogP contribution < -0.4 is 4.90 Å². The fourth-order valence-corrected chi connectivity index (χ4v) is 3.57. The molecule has 0 bridgehead atoms. The number of hydrogen-bond acceptors (Lipinski definition) is 7. The molecule has 1 aliphatic heterocycles. The van der Waals surface area contributed by atoms with Crippen molar-refractivity contribution in [2.45, 2.75) is 13.3 Å². The molecule has 0 aliphatic carbocycles. The molecule has 1 fully saturated rings. The number of nitrogens with zero attached hydrogens (tertiary/aromatic N) is 6. The van der Waals surface area contributed by atoms with Gasteiger partial charge in [-0.15, -0.1) is 12.4 Å². The predicted octanol–water partition coefficient (Wildman–Crippen LogP) is 2.49. The number of piperazine rings is 1. The number of aromatic nitrogens is 4. The van der Waals surface area contributed by atoms with Crippen LogP contribution >= 0.6 is 12.4 Å². The first-order valence-electron chi connectivity index (χ1n) is 9.73. The van der Waals surface area contributed by atoms with Gasteiger partial charge in [0.05, 0.1) is 17.5 Å². The highest BCUT2D eigenvalue weighted by molar-refractivity contribution is 5.97. The molecule has 3 aromatic rings. The highest BCUT2D eigenvalue weighted by Gasteiger charge is 2.20. The summed E-state index contributed by atoms with van der Waals surface area (Å²) in [5, 5.41) is 13.7. The minimum absolute atomic E-state index is 0. The van der Waals surface area contributed by atoms with E-state index in [1.54, 1.807) is 41.5 Å². The quantitative estimate of drug-likeness (QED) is 0.603. The molecular formula is C21H25ClN6O2. The maximum Gasteiger partial charge on any atom is 0.250 e. The zero-order valence-electron chi connectivity index (χ0n) is 16.8. The number of carbonyl (C=O) groups excluding carboxylic acids is 1. The largest absolute Gasteiger partial charge is 0.508 e. The van der Waals surface area contributed by atoms with Crippen LogP contribution in [0.5, 0.6) is 5.75 Å². The van der Waals surface area contributed by atoms with E-state index in [0.29, 0.717) is 17.9 Å². The van der Waals surface area contributed by atoms with Gasteiger partial charge in [-0.25, -0.2) is 14.6 Å². The lowest BCUT2D eigenvalue weighted by Crippen LogP contribution is -2.46. The molecule has 30 heavy (non-hydrogen) atoms. The summed E-state index contributed by atoms with van der Waals surface area (Å²) < 4.78 is 1.60. The van der Waals surface area contributed by atoms with Crippen molar-refractivity contribution in [3.8, 4) is 11.7 Å². The van der Waals surface area contributed by atoms with Crippen LogP contribution in [0.15, 0.2) is 48.9 Å². The van der Waals surface area contributed by atoms with Crippen molar-refractivity contribution in [3.63, 3.8) is 0 Å². The first kappa shape index (κ1) is 21.7. The predicted molar refractivity (Wildman–Crippen MR) is 117 cm³/mol. The number of carbonyl (C=O) groups is 1. The molecule has 2 aromatic heterocycles. The molecule has 0 unspecified atom stereocenters. The molecular weight excluding hydrogens is 404 g/mol. The lowest BCUT2D eigenvalue weighted by atomic mass is 10.1. The summed E-state index contributed by atoms with van der Waals surface area (Å²) in [5.74, 6) is 0.836. The van der Waals surface area contributed by atoms with Gasteiger partial charge in [-0.1, -0.05) is 0 Å². The van der Waals surface area contributed by atoms with Crippen LogP contribution in [0, 0.1) is 6.92 Å². The van der Waals surface area contributed by atoms with Crippen molar-refractivity contribution in [1.29, 1.82) is 0 Å². The first-order chi connectivity index (χ1) is 14.1. The van der Waals surface area contributed by atoms with Gasteiger partial charge < -0.3 is 10.0 Å². The van der Waals surface area contributed by atoms with Gasteiger partial charge in [0.1, 0.15) is 5.75 Å². The van der Waals surface area contributed by atoms with Crippen molar-refractivity contribution in [2.24, 2.45) is 0 Å². The maximum absolute atomic E-state index is 12.7. The molecule has 9 heteroatoms. The molecule has 0 spiro atoms. The van der Waals surface area contributed by atoms with Gasteiger partial charge in [0.2, 0.25) is 0 Å². The first-order valence-corrected chi connectivity index (χ1v) is 9.73. The van der Waals surface area contributed by atoms with Crippen molar-refractivity contribution < 1.29 is 9.90 Å². The molecule has 8 nitrogen and oxygen atoms in total. The molecule has 158 valence electrons. The smallest absolute Gasteiger partial charge is 0.250 e. The molecule has 1 aliphatic rings. The number of ketones is 1. The number of phenols is 1. The molecule has 3 heterocycles. The highest BCUT2D eigenvalue weighted by Crippen LogP contribution is 2.20. The zero-order valence-corrected chi connectivity index (χ0v) is 17.6. The Morgan fingerprint density at radius 2 is 1.73 bits per heavy atom. The summed E-state index contributed by atoms with van der Waals surface area (Å²) >= 11 is 0. The number of benzene rings is 1. The molecule has 1 saturated heterocycles. The molecule has 0 amide bonds. The topological polar surface area (TPSA) is 87.4 Å². The van der Waals surface area contributed by atoms with E-state index in [4.69, 9.17) is 0 Å². The van der Waals surface area contributed by atoms with Gasteiger partial charge >= 0.3 is 0 Å². The monoisotopic (exact) mass is 428 g/mol. The van der Waals surface area contributed by atoms with Crippen molar-refractivity contribution >= 4 is 23.9 Å². The number of hydrogen-bond donors (Lipinski definition) is 1. The van der Waals surface area contributed by atoms with Crippen LogP contribution in [0.3, 0.4) is 0 Å². The summed E-state index contributed by atoms with van der Waals surface area (Å²) in [6.07, 6.45) is 5.38. The number of halogens is 1. The Hall–Kier alpha value is -2.97. The highest BCUT2D eigenvalue weighted by atomic mass is 35.5. The van der Waals surface area contributed by atoms with Crippen molar-refractivity contribution in [2.75, 3.05) is 37.6 Å². The Bertz CT molecular complexity index is 969. The van der Waals surface area contributed by atoms with Crippen LogP contribution in [0.1, 0.15) is 22.5 Å². The third-order valence-electron chi connectivity index (χ3n) is 5.29. The van der Waals surface area contributed by atoms with Gasteiger partial charge in [-0.2, -0.15) is 5.10 Å². The Morgan fingerprint density at radius 1 is 1.07 bits per heavy atom. The maximum atomic E-state index is 12.7. The number of Topliss-reactive ketones (excluding diaryl/α,β-unsaturated/α-hetero) is 1. The number of rotatable bonds is 6. The van der Waals surface area contributed by atoms with Crippen LogP contribution in [-0.2, 0) is 0 Å². The molecule has 1 aromatic carbocycles. The van der Waals surface area contributed by atoms with E-state index in [2.05, 4.69) is 24.9 Å². The zero-order chi connectivity index (χ0) is 20.2. The third kappa shape index (κ3) is 4.77. The van der Waals surface area contributed by atoms with E-state index < -0.39 is 0 Å². The second kappa shape index (κ2) is 9.69. The molecule has 0 atom stereocenters. The van der Waals surface area contributed by atoms with Gasteiger partial charge in [0.25, 0.3) is 5.95 Å². The van der Waals surface area contributed by atoms with Crippen molar-refractivity contribution in [3.05, 3.63) is 60.2 Å². The molecule has 0 radical (unpaired) electrons. The van der Waals surface area contributed by atoms with E-state index in [1.807, 2.05) is 19.1 Å². The van der Waals surface area contributed by atoms with E-state index in [0.717, 1.165) is 44.1 Å². The molecule has 0 saturated carbocycles. The molecule has 1 N–H and O–H groups in total. The fourth-order valence-electron chi connectivity index (χ4n) is 3.57. The lowest BCUT2D eigenvalue weighted by Gasteiger charge is -2.36. The Morgan fingerprint density at radius 3 is 2.40 bits per heavy atom. The number of aromatic hydroxyl groups is 1. The van der Waals surface area contributed by atoms with Crippen molar-refractivity contribution in [1.82, 2.24) is 24.6 Å². The lowest BCUT2D eigenvalue weighted by molar-refractivity contribution is 0.0962. The van der Waals surface area contributed by atoms with Crippen LogP contribution in [0.25, 0.3) is 5.95 Å². The average Bonchev–Trinajstić information content (AvgIpc) is 3.15. The summed E-state index contributed by atoms with van der Waals surface area (Å²) in [4.78, 5) is 25.7. The Kier molecular flexibility index (Phi) is 7.02. The summed E-state index contributed by atoms with van der Waals surface area (Å²) in [5.41, 5.74) is 2.50. The van der Waals surface area contributed by atoms with Gasteiger partial charge in [0, 0.05) is 57.2 Å². The van der Waals surface area contributed by atoms with E-state index in [-0.39, 0.29) is 23.9 Å². The Labute approximate surface area is 181 Å². The second-order valence-corrected chi connectivity index (χ2v) is 7.12. The number of anilines is 1. The summed E-state index contributed by atoms with van der Waals surface area (Å²) in [6.45, 7) is 6.22. The number of phenolic OH excluding ortho intramolecular Hbond substituents is 1. The van der Waals surface area contributed by atoms with Gasteiger partial charge in [-0.05, 0) is 37.3 Å². The fraction of sp³-hybridized carbons (Fsp3) is 0.333. The van der Waals surface area contributed by atoms with E-state index in [1.165, 1.54) is 0 Å². The van der Waals surface area contributed by atoms with Gasteiger partial charge in [0.15, 0.2) is 5.78 Å². The minimum atomic E-state index is 0. The Balaban J connectivity index is 0.00000256. The van der Waals surface area contributed by atoms with Crippen LogP contribution in [0.2, 0.25) is 0 Å². The molecule has 4 rings (SSSR count). The second-order valence-electron chi connectivity index (χ2n) is 7.12. The van der Waals surface area contributed by atoms with Gasteiger partial charge in [-0.3, -0.25) is 9.69 Å². The standard InChI is InChI=1S/C21H24N6O2.ClH/c1-16-19(15-24-27(16)21-22-8-2-9-23-21)20(29)7-10-25-11-13-26(14-12-25)17-3-5-18(28)6-4-17;/h2-6,8-9,15,28H,7,10-14H2,1H3;1H. The van der Waals surface area contributed by atoms with Crippen LogP contribution in [-0.4, -0.2) is 68.3 Å². The summed E-state index contributed by atoms with van der Waals surface area (Å²) in [6, 6.07) is 9.04. The SMILES string of the molecule is Cc1c(C(=O)CCN2CCN(c3ccc(O)cc3)CC2)cnn1-c1ncccn1.Cl. The van der Waals surface area contributed by atoms with E-state index >= 15 is 0 Å². The van der Waals surface area contributed by atoms with Crippen LogP contribution in [0.4, 0.5) is 5.69 Å². The van der Waals surface area contributed by atoms with E-state index in [9.17, 15) is 9.90 Å². The summed E-state index contributed by atoms with van der Waals surface area (Å²) in [7, 11) is 0. The normalized spacial score (nSPS) is 14.4. The minimum Gasteiger partial charge on any atom is -0.508 e. The average molecular weight is 429 g/mol. The third-order valence-corrected chi connectivity index (χ3v) is 5.29.